The van der Waals surface area contributed by atoms with Crippen LogP contribution in [0.3, 0.4) is 0 Å². The van der Waals surface area contributed by atoms with Crippen molar-refractivity contribution in [2.45, 2.75) is 38.9 Å². The second-order valence-corrected chi connectivity index (χ2v) is 6.67. The Hall–Kier alpha value is -2.63. The Morgan fingerprint density at radius 2 is 1.89 bits per heavy atom. The zero-order valence-corrected chi connectivity index (χ0v) is 16.9. The third-order valence-electron chi connectivity index (χ3n) is 4.58. The number of carbonyl (C=O) groups is 1. The lowest BCUT2D eigenvalue weighted by molar-refractivity contribution is -0.122. The van der Waals surface area contributed by atoms with Gasteiger partial charge in [-0.2, -0.15) is 5.10 Å². The SMILES string of the molecule is CCCC(N)C(=O)NCc1ccccc1-c1ccc(Cn2cccn2)cc1.Cl. The average Bonchev–Trinajstić information content (AvgIpc) is 3.20. The summed E-state index contributed by atoms with van der Waals surface area (Å²) in [7, 11) is 0. The molecular formula is C22H27ClN4O. The van der Waals surface area contributed by atoms with Crippen LogP contribution in [0, 0.1) is 0 Å². The molecule has 0 saturated carbocycles. The van der Waals surface area contributed by atoms with E-state index in [2.05, 4.69) is 40.7 Å². The van der Waals surface area contributed by atoms with E-state index in [1.165, 1.54) is 5.56 Å². The van der Waals surface area contributed by atoms with Gasteiger partial charge in [-0.25, -0.2) is 0 Å². The lowest BCUT2D eigenvalue weighted by Crippen LogP contribution is -2.40. The van der Waals surface area contributed by atoms with E-state index in [1.807, 2.05) is 42.1 Å². The summed E-state index contributed by atoms with van der Waals surface area (Å²) in [6.45, 7) is 3.25. The molecule has 28 heavy (non-hydrogen) atoms. The molecule has 1 aromatic heterocycles. The largest absolute Gasteiger partial charge is 0.351 e. The van der Waals surface area contributed by atoms with Gasteiger partial charge in [0.2, 0.25) is 5.91 Å². The van der Waals surface area contributed by atoms with E-state index in [0.717, 1.165) is 29.7 Å². The monoisotopic (exact) mass is 398 g/mol. The van der Waals surface area contributed by atoms with E-state index in [9.17, 15) is 4.79 Å². The van der Waals surface area contributed by atoms with Crippen LogP contribution in [0.5, 0.6) is 0 Å². The summed E-state index contributed by atoms with van der Waals surface area (Å²) in [5.41, 5.74) is 10.4. The van der Waals surface area contributed by atoms with E-state index in [4.69, 9.17) is 5.73 Å². The zero-order valence-electron chi connectivity index (χ0n) is 16.0. The number of hydrogen-bond donors (Lipinski definition) is 2. The number of nitrogens with two attached hydrogens (primary N) is 1. The number of carbonyl (C=O) groups excluding carboxylic acids is 1. The molecule has 5 nitrogen and oxygen atoms in total. The Balaban J connectivity index is 0.00000280. The van der Waals surface area contributed by atoms with Crippen molar-refractivity contribution in [1.29, 1.82) is 0 Å². The van der Waals surface area contributed by atoms with Gasteiger partial charge in [0.15, 0.2) is 0 Å². The van der Waals surface area contributed by atoms with Crippen molar-refractivity contribution < 1.29 is 4.79 Å². The lowest BCUT2D eigenvalue weighted by Gasteiger charge is -2.14. The predicted octanol–water partition coefficient (Wildman–Crippen LogP) is 3.76. The maximum Gasteiger partial charge on any atom is 0.237 e. The van der Waals surface area contributed by atoms with Crippen LogP contribution < -0.4 is 11.1 Å². The standard InChI is InChI=1S/C22H26N4O.ClH/c1-2-6-21(23)22(27)24-15-19-7-3-4-8-20(19)18-11-9-17(10-12-18)16-26-14-5-13-25-26;/h3-5,7-14,21H,2,6,15-16,23H2,1H3,(H,24,27);1H. The smallest absolute Gasteiger partial charge is 0.237 e. The summed E-state index contributed by atoms with van der Waals surface area (Å²) in [4.78, 5) is 12.1. The molecule has 2 aromatic carbocycles. The molecule has 1 heterocycles. The van der Waals surface area contributed by atoms with Crippen molar-refractivity contribution in [1.82, 2.24) is 15.1 Å². The minimum Gasteiger partial charge on any atom is -0.351 e. The molecule has 3 aromatic rings. The Morgan fingerprint density at radius 3 is 2.57 bits per heavy atom. The fourth-order valence-corrected chi connectivity index (χ4v) is 3.08. The van der Waals surface area contributed by atoms with Gasteiger partial charge in [-0.3, -0.25) is 9.48 Å². The highest BCUT2D eigenvalue weighted by Crippen LogP contribution is 2.24. The van der Waals surface area contributed by atoms with E-state index in [-0.39, 0.29) is 18.3 Å². The lowest BCUT2D eigenvalue weighted by atomic mass is 9.98. The Kier molecular flexibility index (Phi) is 8.23. The second kappa shape index (κ2) is 10.6. The Bertz CT molecular complexity index is 863. The van der Waals surface area contributed by atoms with Crippen LogP contribution in [-0.2, 0) is 17.9 Å². The first kappa shape index (κ1) is 21.7. The number of nitrogens with one attached hydrogen (secondary N) is 1. The van der Waals surface area contributed by atoms with Crippen molar-refractivity contribution in [3.05, 3.63) is 78.1 Å². The van der Waals surface area contributed by atoms with Gasteiger partial charge in [-0.15, -0.1) is 12.4 Å². The van der Waals surface area contributed by atoms with Gasteiger partial charge in [-0.1, -0.05) is 61.9 Å². The minimum atomic E-state index is -0.441. The zero-order chi connectivity index (χ0) is 19.1. The molecule has 0 radical (unpaired) electrons. The van der Waals surface area contributed by atoms with Gasteiger partial charge in [0.05, 0.1) is 12.6 Å². The van der Waals surface area contributed by atoms with Crippen LogP contribution in [0.4, 0.5) is 0 Å². The number of benzene rings is 2. The number of halogens is 1. The molecule has 0 aliphatic rings. The summed E-state index contributed by atoms with van der Waals surface area (Å²) in [5.74, 6) is -0.0961. The van der Waals surface area contributed by atoms with Gasteiger partial charge in [0.1, 0.15) is 0 Å². The quantitative estimate of drug-likeness (QED) is 0.606. The number of hydrogen-bond acceptors (Lipinski definition) is 3. The first-order chi connectivity index (χ1) is 13.2. The van der Waals surface area contributed by atoms with Gasteiger partial charge >= 0.3 is 0 Å². The molecule has 0 saturated heterocycles. The Labute approximate surface area is 172 Å². The fourth-order valence-electron chi connectivity index (χ4n) is 3.08. The van der Waals surface area contributed by atoms with Crippen molar-refractivity contribution in [3.8, 4) is 11.1 Å². The first-order valence-electron chi connectivity index (χ1n) is 9.35. The van der Waals surface area contributed by atoms with Gasteiger partial charge < -0.3 is 11.1 Å². The molecule has 0 spiro atoms. The van der Waals surface area contributed by atoms with E-state index in [0.29, 0.717) is 13.0 Å². The number of amides is 1. The van der Waals surface area contributed by atoms with Crippen LogP contribution in [0.1, 0.15) is 30.9 Å². The minimum absolute atomic E-state index is 0. The third kappa shape index (κ3) is 5.68. The highest BCUT2D eigenvalue weighted by Gasteiger charge is 2.12. The van der Waals surface area contributed by atoms with Crippen LogP contribution in [-0.4, -0.2) is 21.7 Å². The maximum atomic E-state index is 12.1. The molecule has 3 rings (SSSR count). The fraction of sp³-hybridized carbons (Fsp3) is 0.273. The summed E-state index contributed by atoms with van der Waals surface area (Å²) in [6, 6.07) is 18.1. The number of rotatable bonds is 8. The number of nitrogens with zero attached hydrogens (tertiary/aromatic N) is 2. The normalized spacial score (nSPS) is 11.5. The van der Waals surface area contributed by atoms with E-state index in [1.54, 1.807) is 6.20 Å². The van der Waals surface area contributed by atoms with Gasteiger partial charge in [0.25, 0.3) is 0 Å². The molecule has 1 unspecified atom stereocenters. The summed E-state index contributed by atoms with van der Waals surface area (Å²) in [6.07, 6.45) is 5.34. The summed E-state index contributed by atoms with van der Waals surface area (Å²) in [5, 5.41) is 7.20. The number of aromatic nitrogens is 2. The van der Waals surface area contributed by atoms with Crippen LogP contribution in [0.15, 0.2) is 67.0 Å². The van der Waals surface area contributed by atoms with Gasteiger partial charge in [0, 0.05) is 18.9 Å². The molecule has 3 N–H and O–H groups in total. The maximum absolute atomic E-state index is 12.1. The van der Waals surface area contributed by atoms with E-state index < -0.39 is 6.04 Å². The summed E-state index contributed by atoms with van der Waals surface area (Å²) >= 11 is 0. The van der Waals surface area contributed by atoms with Crippen molar-refractivity contribution >= 4 is 18.3 Å². The average molecular weight is 399 g/mol. The highest BCUT2D eigenvalue weighted by atomic mass is 35.5. The highest BCUT2D eigenvalue weighted by molar-refractivity contribution is 5.85. The van der Waals surface area contributed by atoms with Crippen molar-refractivity contribution in [2.75, 3.05) is 0 Å². The third-order valence-corrected chi connectivity index (χ3v) is 4.58. The van der Waals surface area contributed by atoms with Crippen LogP contribution in [0.2, 0.25) is 0 Å². The first-order valence-corrected chi connectivity index (χ1v) is 9.35. The molecule has 1 amide bonds. The molecule has 0 fully saturated rings. The molecule has 0 bridgehead atoms. The van der Waals surface area contributed by atoms with Crippen LogP contribution >= 0.6 is 12.4 Å². The molecule has 6 heteroatoms. The van der Waals surface area contributed by atoms with Crippen LogP contribution in [0.25, 0.3) is 11.1 Å². The molecule has 148 valence electrons. The van der Waals surface area contributed by atoms with Gasteiger partial charge in [-0.05, 0) is 34.7 Å². The van der Waals surface area contributed by atoms with Crippen molar-refractivity contribution in [3.63, 3.8) is 0 Å². The Morgan fingerprint density at radius 1 is 1.14 bits per heavy atom. The second-order valence-electron chi connectivity index (χ2n) is 6.67. The topological polar surface area (TPSA) is 72.9 Å². The molecule has 0 aliphatic heterocycles. The molecule has 1 atom stereocenters. The van der Waals surface area contributed by atoms with E-state index >= 15 is 0 Å². The predicted molar refractivity (Wildman–Crippen MR) is 115 cm³/mol. The summed E-state index contributed by atoms with van der Waals surface area (Å²) < 4.78 is 1.90. The molecule has 0 aliphatic carbocycles. The van der Waals surface area contributed by atoms with Crippen molar-refractivity contribution in [2.24, 2.45) is 5.73 Å². The molecular weight excluding hydrogens is 372 g/mol.